The molecule has 1 aromatic carbocycles. The van der Waals surface area contributed by atoms with Crippen LogP contribution in [0.15, 0.2) is 60.2 Å². The van der Waals surface area contributed by atoms with Crippen molar-refractivity contribution < 1.29 is 23.4 Å². The van der Waals surface area contributed by atoms with Gasteiger partial charge in [0.25, 0.3) is 10.0 Å². The minimum absolute atomic E-state index is 0.0488. The van der Waals surface area contributed by atoms with Gasteiger partial charge in [-0.3, -0.25) is 4.31 Å². The number of hydrogen-bond acceptors (Lipinski definition) is 4. The Labute approximate surface area is 129 Å². The quantitative estimate of drug-likeness (QED) is 0.658. The predicted octanol–water partition coefficient (Wildman–Crippen LogP) is 2.38. The fraction of sp³-hybridized carbons (Fsp3) is 0.133. The summed E-state index contributed by atoms with van der Waals surface area (Å²) in [5.74, 6) is -0.940. The molecule has 0 saturated heterocycles. The van der Waals surface area contributed by atoms with E-state index >= 15 is 0 Å². The second-order valence-electron chi connectivity index (χ2n) is 4.21. The maximum atomic E-state index is 12.1. The number of aliphatic hydroxyl groups is 1. The summed E-state index contributed by atoms with van der Waals surface area (Å²) in [6.07, 6.45) is 5.23. The summed E-state index contributed by atoms with van der Waals surface area (Å²) < 4.78 is 25.2. The molecule has 1 aliphatic heterocycles. The van der Waals surface area contributed by atoms with Gasteiger partial charge in [0.15, 0.2) is 0 Å². The van der Waals surface area contributed by atoms with Gasteiger partial charge >= 0.3 is 5.97 Å². The first-order chi connectivity index (χ1) is 10.3. The summed E-state index contributed by atoms with van der Waals surface area (Å²) in [7, 11) is -3.55. The van der Waals surface area contributed by atoms with Gasteiger partial charge in [-0.05, 0) is 19.1 Å². The van der Waals surface area contributed by atoms with Crippen molar-refractivity contribution in [2.45, 2.75) is 11.8 Å². The molecule has 6 nitrogen and oxygen atoms in total. The predicted molar refractivity (Wildman–Crippen MR) is 83.6 cm³/mol. The van der Waals surface area contributed by atoms with E-state index in [9.17, 15) is 18.3 Å². The van der Waals surface area contributed by atoms with E-state index in [2.05, 4.69) is 6.58 Å². The zero-order chi connectivity index (χ0) is 16.8. The molecule has 0 fully saturated rings. The minimum atomic E-state index is -3.55. The topological polar surface area (TPSA) is 94.9 Å². The van der Waals surface area contributed by atoms with Crippen LogP contribution in [0.5, 0.6) is 0 Å². The van der Waals surface area contributed by atoms with Crippen molar-refractivity contribution >= 4 is 21.8 Å². The third-order valence-electron chi connectivity index (χ3n) is 2.63. The van der Waals surface area contributed by atoms with Crippen LogP contribution in [-0.2, 0) is 14.8 Å². The highest BCUT2D eigenvalue weighted by atomic mass is 32.2. The fourth-order valence-electron chi connectivity index (χ4n) is 1.73. The second kappa shape index (κ2) is 7.46. The van der Waals surface area contributed by atoms with Crippen LogP contribution in [0.4, 0.5) is 0 Å². The average Bonchev–Trinajstić information content (AvgIpc) is 2.46. The second-order valence-corrected chi connectivity index (χ2v) is 6.07. The Morgan fingerprint density at radius 2 is 2.00 bits per heavy atom. The maximum absolute atomic E-state index is 12.1. The number of sulfonamides is 1. The van der Waals surface area contributed by atoms with Crippen LogP contribution in [0.2, 0.25) is 0 Å². The molecule has 0 bridgehead atoms. The number of aliphatic carboxylic acids is 1. The van der Waals surface area contributed by atoms with E-state index < -0.39 is 16.0 Å². The van der Waals surface area contributed by atoms with E-state index in [1.165, 1.54) is 24.4 Å². The number of carboxylic acids is 1. The number of allylic oxidation sites excluding steroid dienone is 1. The standard InChI is InChI=1S/C11H11NO3S.C4H6O2/c1-2-7-12-8-10(13)9-5-3-4-6-11(9)16(12,14)15;1-2-3-4(5)6/h2-6,8,13H,1,7H2;2-3H,1H3,(H,5,6). The third kappa shape index (κ3) is 3.98. The van der Waals surface area contributed by atoms with E-state index in [1.807, 2.05) is 0 Å². The highest BCUT2D eigenvalue weighted by Gasteiger charge is 2.29. The minimum Gasteiger partial charge on any atom is -0.506 e. The van der Waals surface area contributed by atoms with E-state index in [4.69, 9.17) is 5.11 Å². The Balaban J connectivity index is 0.000000346. The van der Waals surface area contributed by atoms with Crippen LogP contribution >= 0.6 is 0 Å². The first-order valence-corrected chi connectivity index (χ1v) is 7.77. The van der Waals surface area contributed by atoms with Gasteiger partial charge in [-0.1, -0.05) is 24.3 Å². The molecule has 0 radical (unpaired) electrons. The lowest BCUT2D eigenvalue weighted by Gasteiger charge is -2.25. The van der Waals surface area contributed by atoms with Gasteiger partial charge in [0, 0.05) is 11.6 Å². The van der Waals surface area contributed by atoms with Gasteiger partial charge < -0.3 is 10.2 Å². The molecule has 0 aromatic heterocycles. The fourth-order valence-corrected chi connectivity index (χ4v) is 3.22. The van der Waals surface area contributed by atoms with E-state index in [0.717, 1.165) is 10.4 Å². The van der Waals surface area contributed by atoms with Gasteiger partial charge in [-0.2, -0.15) is 0 Å². The molecule has 7 heteroatoms. The van der Waals surface area contributed by atoms with Crippen LogP contribution in [0.3, 0.4) is 0 Å². The summed E-state index contributed by atoms with van der Waals surface area (Å²) in [5.41, 5.74) is 0.336. The number of carbonyl (C=O) groups is 1. The Morgan fingerprint density at radius 3 is 2.50 bits per heavy atom. The van der Waals surface area contributed by atoms with Crippen LogP contribution in [0.25, 0.3) is 5.76 Å². The molecule has 0 unspecified atom stereocenters. The lowest BCUT2D eigenvalue weighted by molar-refractivity contribution is -0.131. The number of aliphatic hydroxyl groups excluding tert-OH is 1. The number of rotatable bonds is 3. The molecule has 1 aromatic rings. The van der Waals surface area contributed by atoms with Gasteiger partial charge in [-0.15, -0.1) is 6.58 Å². The zero-order valence-electron chi connectivity index (χ0n) is 12.0. The molecule has 1 aliphatic rings. The van der Waals surface area contributed by atoms with Crippen molar-refractivity contribution in [2.75, 3.05) is 6.54 Å². The SMILES string of the molecule is C=CCN1C=C(O)c2ccccc2S1(=O)=O.CC=CC(=O)O. The lowest BCUT2D eigenvalue weighted by Crippen LogP contribution is -2.30. The summed E-state index contributed by atoms with van der Waals surface area (Å²) in [5, 5.41) is 17.5. The summed E-state index contributed by atoms with van der Waals surface area (Å²) in [6, 6.07) is 6.36. The summed E-state index contributed by atoms with van der Waals surface area (Å²) >= 11 is 0. The highest BCUT2D eigenvalue weighted by Crippen LogP contribution is 2.30. The molecule has 118 valence electrons. The first kappa shape index (κ1) is 17.5. The van der Waals surface area contributed by atoms with Crippen molar-refractivity contribution in [1.29, 1.82) is 0 Å². The van der Waals surface area contributed by atoms with E-state index in [-0.39, 0.29) is 17.2 Å². The molecule has 2 rings (SSSR count). The number of carboxylic acid groups (broad SMARTS) is 1. The molecule has 1 heterocycles. The Hall–Kier alpha value is -2.54. The van der Waals surface area contributed by atoms with Crippen molar-refractivity contribution in [1.82, 2.24) is 4.31 Å². The van der Waals surface area contributed by atoms with E-state index in [0.29, 0.717) is 5.56 Å². The summed E-state index contributed by atoms with van der Waals surface area (Å²) in [6.45, 7) is 5.28. The Bertz CT molecular complexity index is 719. The summed E-state index contributed by atoms with van der Waals surface area (Å²) in [4.78, 5) is 9.63. The monoisotopic (exact) mass is 323 g/mol. The Morgan fingerprint density at radius 1 is 1.36 bits per heavy atom. The molecule has 0 saturated carbocycles. The van der Waals surface area contributed by atoms with Crippen molar-refractivity contribution in [2.24, 2.45) is 0 Å². The van der Waals surface area contributed by atoms with Crippen LogP contribution < -0.4 is 0 Å². The normalized spacial score (nSPS) is 15.3. The average molecular weight is 323 g/mol. The maximum Gasteiger partial charge on any atom is 0.327 e. The highest BCUT2D eigenvalue weighted by molar-refractivity contribution is 7.89. The number of nitrogens with zero attached hydrogens (tertiary/aromatic N) is 1. The van der Waals surface area contributed by atoms with Crippen molar-refractivity contribution in [3.63, 3.8) is 0 Å². The van der Waals surface area contributed by atoms with Crippen molar-refractivity contribution in [3.8, 4) is 0 Å². The Kier molecular flexibility index (Phi) is 5.94. The largest absolute Gasteiger partial charge is 0.506 e. The van der Waals surface area contributed by atoms with Gasteiger partial charge in [0.1, 0.15) is 5.76 Å². The van der Waals surface area contributed by atoms with Crippen LogP contribution in [-0.4, -0.2) is 35.5 Å². The first-order valence-electron chi connectivity index (χ1n) is 6.33. The molecule has 0 spiro atoms. The molecular weight excluding hydrogens is 306 g/mol. The number of fused-ring (bicyclic) bond motifs is 1. The molecular formula is C15H17NO5S. The smallest absolute Gasteiger partial charge is 0.327 e. The van der Waals surface area contributed by atoms with Gasteiger partial charge in [0.05, 0.1) is 17.6 Å². The van der Waals surface area contributed by atoms with Crippen LogP contribution in [0.1, 0.15) is 12.5 Å². The molecule has 0 aliphatic carbocycles. The van der Waals surface area contributed by atoms with Crippen LogP contribution in [0, 0.1) is 0 Å². The molecule has 0 atom stereocenters. The van der Waals surface area contributed by atoms with Gasteiger partial charge in [0.2, 0.25) is 0 Å². The zero-order valence-corrected chi connectivity index (χ0v) is 12.8. The third-order valence-corrected chi connectivity index (χ3v) is 4.42. The molecule has 0 amide bonds. The molecule has 2 N–H and O–H groups in total. The molecule has 22 heavy (non-hydrogen) atoms. The van der Waals surface area contributed by atoms with E-state index in [1.54, 1.807) is 25.1 Å². The van der Waals surface area contributed by atoms with Crippen molar-refractivity contribution in [3.05, 3.63) is 60.8 Å². The number of hydrogen-bond donors (Lipinski definition) is 2. The lowest BCUT2D eigenvalue weighted by atomic mass is 10.2. The van der Waals surface area contributed by atoms with Gasteiger partial charge in [-0.25, -0.2) is 13.2 Å². The number of benzene rings is 1.